The van der Waals surface area contributed by atoms with Gasteiger partial charge in [0.25, 0.3) is 0 Å². The third-order valence-electron chi connectivity index (χ3n) is 5.41. The molecule has 1 aliphatic carbocycles. The number of rotatable bonds is 2. The highest BCUT2D eigenvalue weighted by Gasteiger charge is 2.47. The molecule has 2 aromatic heterocycles. The molecule has 2 aliphatic heterocycles. The molecule has 8 heteroatoms. The second-order valence-electron chi connectivity index (χ2n) is 6.98. The van der Waals surface area contributed by atoms with E-state index in [9.17, 15) is 9.18 Å². The molecular formula is C16H17BrFN5O. The molecular weight excluding hydrogens is 377 g/mol. The van der Waals surface area contributed by atoms with Crippen LogP contribution in [-0.4, -0.2) is 50.6 Å². The van der Waals surface area contributed by atoms with E-state index >= 15 is 0 Å². The fourth-order valence-corrected chi connectivity index (χ4v) is 4.52. The Labute approximate surface area is 146 Å². The van der Waals surface area contributed by atoms with Gasteiger partial charge in [-0.1, -0.05) is 0 Å². The summed E-state index contributed by atoms with van der Waals surface area (Å²) in [5.41, 5.74) is 0.394. The first-order chi connectivity index (χ1) is 11.6. The van der Waals surface area contributed by atoms with Crippen molar-refractivity contribution in [2.45, 2.75) is 37.8 Å². The maximum absolute atomic E-state index is 14.5. The lowest BCUT2D eigenvalue weighted by Crippen LogP contribution is -2.56. The van der Waals surface area contributed by atoms with Crippen LogP contribution in [0.3, 0.4) is 0 Å². The Morgan fingerprint density at radius 1 is 1.21 bits per heavy atom. The van der Waals surface area contributed by atoms with Crippen LogP contribution in [0.5, 0.6) is 0 Å². The molecule has 4 heterocycles. The minimum absolute atomic E-state index is 0.216. The van der Waals surface area contributed by atoms with Crippen LogP contribution >= 0.6 is 15.9 Å². The van der Waals surface area contributed by atoms with Crippen molar-refractivity contribution in [3.8, 4) is 0 Å². The van der Waals surface area contributed by atoms with Gasteiger partial charge in [0.2, 0.25) is 5.91 Å². The lowest BCUT2D eigenvalue weighted by molar-refractivity contribution is -0.135. The average molecular weight is 394 g/mol. The number of amides is 1. The standard InChI is InChI=1S/C16H17BrFN5O/c17-12-7-22-14(13(12)18)15(19-8-20-22)21-5-10-3-4-11(6-21)23(10)16(24)9-1-2-9/h7-11H,1-6H2. The summed E-state index contributed by atoms with van der Waals surface area (Å²) >= 11 is 3.22. The number of carbonyl (C=O) groups is 1. The van der Waals surface area contributed by atoms with E-state index in [-0.39, 0.29) is 23.8 Å². The zero-order valence-electron chi connectivity index (χ0n) is 13.0. The zero-order valence-corrected chi connectivity index (χ0v) is 14.6. The van der Waals surface area contributed by atoms with Gasteiger partial charge < -0.3 is 9.80 Å². The Balaban J connectivity index is 1.49. The summed E-state index contributed by atoms with van der Waals surface area (Å²) in [7, 11) is 0. The summed E-state index contributed by atoms with van der Waals surface area (Å²) in [5.74, 6) is 0.856. The van der Waals surface area contributed by atoms with Gasteiger partial charge in [0.1, 0.15) is 11.8 Å². The lowest BCUT2D eigenvalue weighted by Gasteiger charge is -2.41. The molecule has 6 nitrogen and oxygen atoms in total. The number of hydrogen-bond donors (Lipinski definition) is 0. The monoisotopic (exact) mass is 393 g/mol. The molecule has 126 valence electrons. The Morgan fingerprint density at radius 3 is 2.58 bits per heavy atom. The molecule has 2 aromatic rings. The highest BCUT2D eigenvalue weighted by molar-refractivity contribution is 9.10. The highest BCUT2D eigenvalue weighted by atomic mass is 79.9. The van der Waals surface area contributed by atoms with Gasteiger partial charge in [0.15, 0.2) is 11.6 Å². The number of nitrogens with zero attached hydrogens (tertiary/aromatic N) is 5. The van der Waals surface area contributed by atoms with E-state index in [0.29, 0.717) is 34.8 Å². The Hall–Kier alpha value is -1.70. The van der Waals surface area contributed by atoms with Crippen molar-refractivity contribution in [1.82, 2.24) is 19.5 Å². The predicted molar refractivity (Wildman–Crippen MR) is 89.2 cm³/mol. The molecule has 5 rings (SSSR count). The number of carbonyl (C=O) groups excluding carboxylic acids is 1. The van der Waals surface area contributed by atoms with E-state index < -0.39 is 0 Å². The van der Waals surface area contributed by atoms with Crippen molar-refractivity contribution in [3.05, 3.63) is 22.8 Å². The van der Waals surface area contributed by atoms with Crippen LogP contribution in [0.1, 0.15) is 25.7 Å². The molecule has 2 bridgehead atoms. The summed E-state index contributed by atoms with van der Waals surface area (Å²) in [5, 5.41) is 4.09. The number of anilines is 1. The summed E-state index contributed by atoms with van der Waals surface area (Å²) in [6, 6.07) is 0.432. The largest absolute Gasteiger partial charge is 0.351 e. The Morgan fingerprint density at radius 2 is 1.92 bits per heavy atom. The van der Waals surface area contributed by atoms with Gasteiger partial charge in [-0.3, -0.25) is 4.79 Å². The maximum Gasteiger partial charge on any atom is 0.226 e. The minimum Gasteiger partial charge on any atom is -0.351 e. The van der Waals surface area contributed by atoms with Crippen LogP contribution in [0.4, 0.5) is 10.2 Å². The number of piperazine rings is 1. The van der Waals surface area contributed by atoms with E-state index in [1.54, 1.807) is 6.20 Å². The van der Waals surface area contributed by atoms with Crippen molar-refractivity contribution in [1.29, 1.82) is 0 Å². The fraction of sp³-hybridized carbons (Fsp3) is 0.562. The molecule has 2 atom stereocenters. The molecule has 3 fully saturated rings. The fourth-order valence-electron chi connectivity index (χ4n) is 4.14. The molecule has 1 amide bonds. The molecule has 1 saturated carbocycles. The third kappa shape index (κ3) is 2.08. The molecule has 24 heavy (non-hydrogen) atoms. The summed E-state index contributed by atoms with van der Waals surface area (Å²) in [4.78, 5) is 21.1. The molecule has 2 saturated heterocycles. The highest BCUT2D eigenvalue weighted by Crippen LogP contribution is 2.39. The molecule has 3 aliphatic rings. The molecule has 0 aromatic carbocycles. The van der Waals surface area contributed by atoms with Crippen molar-refractivity contribution in [2.24, 2.45) is 5.92 Å². The number of aromatic nitrogens is 3. The predicted octanol–water partition coefficient (Wildman–Crippen LogP) is 2.22. The van der Waals surface area contributed by atoms with Crippen molar-refractivity contribution in [3.63, 3.8) is 0 Å². The second kappa shape index (κ2) is 5.15. The van der Waals surface area contributed by atoms with Gasteiger partial charge in [-0.2, -0.15) is 5.10 Å². The average Bonchev–Trinajstić information content (AvgIpc) is 3.34. The number of halogens is 2. The van der Waals surface area contributed by atoms with Gasteiger partial charge in [-0.05, 0) is 41.6 Å². The van der Waals surface area contributed by atoms with Crippen LogP contribution in [0.2, 0.25) is 0 Å². The van der Waals surface area contributed by atoms with Crippen molar-refractivity contribution < 1.29 is 9.18 Å². The number of hydrogen-bond acceptors (Lipinski definition) is 4. The van der Waals surface area contributed by atoms with Crippen LogP contribution in [0, 0.1) is 11.7 Å². The first-order valence-corrected chi connectivity index (χ1v) is 9.17. The van der Waals surface area contributed by atoms with E-state index in [2.05, 4.69) is 35.8 Å². The lowest BCUT2D eigenvalue weighted by atomic mass is 10.1. The number of fused-ring (bicyclic) bond motifs is 3. The second-order valence-corrected chi connectivity index (χ2v) is 7.83. The first kappa shape index (κ1) is 14.6. The van der Waals surface area contributed by atoms with Crippen molar-refractivity contribution in [2.75, 3.05) is 18.0 Å². The summed E-state index contributed by atoms with van der Waals surface area (Å²) in [6.45, 7) is 1.42. The smallest absolute Gasteiger partial charge is 0.226 e. The third-order valence-corrected chi connectivity index (χ3v) is 5.97. The van der Waals surface area contributed by atoms with Gasteiger partial charge in [0, 0.05) is 37.3 Å². The van der Waals surface area contributed by atoms with Gasteiger partial charge >= 0.3 is 0 Å². The van der Waals surface area contributed by atoms with Gasteiger partial charge in [-0.15, -0.1) is 0 Å². The van der Waals surface area contributed by atoms with E-state index in [1.165, 1.54) is 10.8 Å². The van der Waals surface area contributed by atoms with Gasteiger partial charge in [-0.25, -0.2) is 13.9 Å². The topological polar surface area (TPSA) is 53.7 Å². The van der Waals surface area contributed by atoms with Crippen LogP contribution < -0.4 is 4.90 Å². The van der Waals surface area contributed by atoms with E-state index in [4.69, 9.17) is 0 Å². The van der Waals surface area contributed by atoms with Crippen LogP contribution in [-0.2, 0) is 4.79 Å². The van der Waals surface area contributed by atoms with E-state index in [0.717, 1.165) is 25.7 Å². The molecule has 2 unspecified atom stereocenters. The summed E-state index contributed by atoms with van der Waals surface area (Å²) in [6.07, 6.45) is 7.18. The minimum atomic E-state index is -0.338. The first-order valence-electron chi connectivity index (χ1n) is 8.38. The Bertz CT molecular complexity index is 821. The van der Waals surface area contributed by atoms with Crippen molar-refractivity contribution >= 4 is 33.2 Å². The van der Waals surface area contributed by atoms with Gasteiger partial charge in [0.05, 0.1) is 4.47 Å². The van der Waals surface area contributed by atoms with Crippen LogP contribution in [0.15, 0.2) is 17.0 Å². The molecule has 0 spiro atoms. The zero-order chi connectivity index (χ0) is 16.4. The summed E-state index contributed by atoms with van der Waals surface area (Å²) < 4.78 is 16.4. The molecule has 0 radical (unpaired) electrons. The van der Waals surface area contributed by atoms with Crippen LogP contribution in [0.25, 0.3) is 5.52 Å². The van der Waals surface area contributed by atoms with E-state index in [1.807, 2.05) is 0 Å². The quantitative estimate of drug-likeness (QED) is 0.784. The SMILES string of the molecule is O=C(C1CC1)N1C2CCC1CN(c1ncnn3cc(Br)c(F)c13)C2. The molecule has 0 N–H and O–H groups in total. The normalized spacial score (nSPS) is 26.4. The maximum atomic E-state index is 14.5. The Kier molecular flexibility index (Phi) is 3.14.